The van der Waals surface area contributed by atoms with Gasteiger partial charge in [-0.3, -0.25) is 19.8 Å². The third kappa shape index (κ3) is 5.98. The number of carbonyl (C=O) groups is 1. The number of aromatic nitrogens is 6. The molecule has 1 saturated heterocycles. The fraction of sp³-hybridized carbons (Fsp3) is 0.162. The normalized spacial score (nSPS) is 13.4. The van der Waals surface area contributed by atoms with Gasteiger partial charge in [0.15, 0.2) is 0 Å². The van der Waals surface area contributed by atoms with E-state index >= 15 is 0 Å². The third-order valence-corrected chi connectivity index (χ3v) is 8.58. The van der Waals surface area contributed by atoms with Gasteiger partial charge >= 0.3 is 0 Å². The van der Waals surface area contributed by atoms with Crippen LogP contribution in [0.3, 0.4) is 0 Å². The number of benzene rings is 2. The Labute approximate surface area is 275 Å². The molecule has 3 N–H and O–H groups in total. The number of rotatable bonds is 9. The molecule has 0 aliphatic carbocycles. The lowest BCUT2D eigenvalue weighted by Crippen LogP contribution is -2.25. The third-order valence-electron chi connectivity index (χ3n) is 8.58. The number of pyridine rings is 3. The monoisotopic (exact) mass is 638 g/mol. The first-order chi connectivity index (χ1) is 23.6. The van der Waals surface area contributed by atoms with Gasteiger partial charge in [0.25, 0.3) is 5.91 Å². The van der Waals surface area contributed by atoms with Gasteiger partial charge in [-0.15, -0.1) is 0 Å². The van der Waals surface area contributed by atoms with Crippen molar-refractivity contribution in [2.24, 2.45) is 0 Å². The zero-order valence-electron chi connectivity index (χ0n) is 25.9. The van der Waals surface area contributed by atoms with Crippen LogP contribution in [-0.2, 0) is 0 Å². The van der Waals surface area contributed by atoms with Crippen LogP contribution >= 0.6 is 0 Å². The number of fused-ring (bicyclic) bond motifs is 2. The highest BCUT2D eigenvalue weighted by molar-refractivity contribution is 6.04. The van der Waals surface area contributed by atoms with Gasteiger partial charge in [-0.1, -0.05) is 18.2 Å². The first-order valence-electron chi connectivity index (χ1n) is 15.9. The number of H-pyrrole nitrogens is 2. The van der Waals surface area contributed by atoms with Gasteiger partial charge < -0.3 is 15.0 Å². The van der Waals surface area contributed by atoms with E-state index in [9.17, 15) is 9.18 Å². The van der Waals surface area contributed by atoms with Crippen LogP contribution in [0.2, 0.25) is 0 Å². The van der Waals surface area contributed by atoms with Crippen molar-refractivity contribution in [2.75, 3.05) is 31.6 Å². The quantitative estimate of drug-likeness (QED) is 0.154. The highest BCUT2D eigenvalue weighted by Gasteiger charge is 2.18. The summed E-state index contributed by atoms with van der Waals surface area (Å²) in [4.78, 5) is 32.3. The zero-order chi connectivity index (χ0) is 32.5. The van der Waals surface area contributed by atoms with Crippen LogP contribution in [0.15, 0.2) is 97.5 Å². The van der Waals surface area contributed by atoms with E-state index in [4.69, 9.17) is 9.72 Å². The number of hydrogen-bond acceptors (Lipinski definition) is 7. The number of aromatic amines is 2. The Hall–Kier alpha value is -5.94. The summed E-state index contributed by atoms with van der Waals surface area (Å²) in [7, 11) is 0. The molecule has 0 atom stereocenters. The summed E-state index contributed by atoms with van der Waals surface area (Å²) in [5.41, 5.74) is 7.40. The Morgan fingerprint density at radius 3 is 2.71 bits per heavy atom. The SMILES string of the molecule is O=C(Nc1cncc(-c2ccc3[nH]nc(-c4cc5c(-c6cc(F)cc(OCCN7CCCC7)c6)ccnc5[nH]4)c3n2)c1)c1ccccc1. The Morgan fingerprint density at radius 1 is 0.958 bits per heavy atom. The summed E-state index contributed by atoms with van der Waals surface area (Å²) >= 11 is 0. The molecule has 1 aliphatic heterocycles. The van der Waals surface area contributed by atoms with Crippen LogP contribution in [0, 0.1) is 5.82 Å². The minimum Gasteiger partial charge on any atom is -0.492 e. The van der Waals surface area contributed by atoms with E-state index in [1.165, 1.54) is 25.0 Å². The van der Waals surface area contributed by atoms with Crippen LogP contribution in [0.1, 0.15) is 23.2 Å². The molecule has 6 heterocycles. The van der Waals surface area contributed by atoms with Gasteiger partial charge in [-0.25, -0.2) is 14.4 Å². The van der Waals surface area contributed by atoms with E-state index in [0.29, 0.717) is 57.4 Å². The second-order valence-electron chi connectivity index (χ2n) is 11.8. The average molecular weight is 639 g/mol. The Morgan fingerprint density at radius 2 is 1.83 bits per heavy atom. The number of likely N-dealkylation sites (tertiary alicyclic amines) is 1. The number of halogens is 1. The molecule has 2 aromatic carbocycles. The van der Waals surface area contributed by atoms with E-state index in [1.807, 2.05) is 54.6 Å². The lowest BCUT2D eigenvalue weighted by Gasteiger charge is -2.15. The molecule has 0 unspecified atom stereocenters. The molecule has 7 aromatic rings. The maximum atomic E-state index is 14.8. The number of anilines is 1. The van der Waals surface area contributed by atoms with Crippen LogP contribution in [-0.4, -0.2) is 67.2 Å². The van der Waals surface area contributed by atoms with Crippen molar-refractivity contribution in [1.29, 1.82) is 0 Å². The van der Waals surface area contributed by atoms with Gasteiger partial charge in [0.05, 0.1) is 28.8 Å². The topological polar surface area (TPSA) is 125 Å². The lowest BCUT2D eigenvalue weighted by atomic mass is 10.0. The predicted octanol–water partition coefficient (Wildman–Crippen LogP) is 7.10. The van der Waals surface area contributed by atoms with Crippen molar-refractivity contribution in [2.45, 2.75) is 12.8 Å². The number of hydrogen-bond donors (Lipinski definition) is 3. The highest BCUT2D eigenvalue weighted by Crippen LogP contribution is 2.35. The van der Waals surface area contributed by atoms with Crippen LogP contribution in [0.25, 0.3) is 55.8 Å². The van der Waals surface area contributed by atoms with E-state index in [0.717, 1.165) is 41.7 Å². The number of nitrogens with one attached hydrogen (secondary N) is 3. The van der Waals surface area contributed by atoms with Gasteiger partial charge in [0, 0.05) is 41.5 Å². The molecule has 238 valence electrons. The molecule has 5 aromatic heterocycles. The van der Waals surface area contributed by atoms with Crippen molar-refractivity contribution in [3.63, 3.8) is 0 Å². The molecule has 0 bridgehead atoms. The number of nitrogens with zero attached hydrogens (tertiary/aromatic N) is 5. The summed E-state index contributed by atoms with van der Waals surface area (Å²) in [6.45, 7) is 3.51. The molecule has 1 aliphatic rings. The molecule has 10 nitrogen and oxygen atoms in total. The van der Waals surface area contributed by atoms with E-state index < -0.39 is 0 Å². The van der Waals surface area contributed by atoms with Gasteiger partial charge in [0.1, 0.15) is 35.0 Å². The smallest absolute Gasteiger partial charge is 0.255 e. The molecule has 11 heteroatoms. The van der Waals surface area contributed by atoms with Crippen molar-refractivity contribution >= 4 is 33.7 Å². The largest absolute Gasteiger partial charge is 0.492 e. The Balaban J connectivity index is 1.08. The van der Waals surface area contributed by atoms with Crippen molar-refractivity contribution in [3.8, 4) is 39.5 Å². The highest BCUT2D eigenvalue weighted by atomic mass is 19.1. The second-order valence-corrected chi connectivity index (χ2v) is 11.8. The molecule has 1 amide bonds. The van der Waals surface area contributed by atoms with E-state index in [2.05, 4.69) is 35.4 Å². The van der Waals surface area contributed by atoms with E-state index in [-0.39, 0.29) is 11.7 Å². The predicted molar refractivity (Wildman–Crippen MR) is 183 cm³/mol. The zero-order valence-corrected chi connectivity index (χ0v) is 25.9. The molecular formula is C37H31FN8O2. The second kappa shape index (κ2) is 12.7. The summed E-state index contributed by atoms with van der Waals surface area (Å²) in [6.07, 6.45) is 7.44. The summed E-state index contributed by atoms with van der Waals surface area (Å²) in [6, 6.07) is 23.3. The summed E-state index contributed by atoms with van der Waals surface area (Å²) in [5, 5.41) is 11.4. The minimum atomic E-state index is -0.363. The maximum Gasteiger partial charge on any atom is 0.255 e. The van der Waals surface area contributed by atoms with Crippen molar-refractivity contribution < 1.29 is 13.9 Å². The Kier molecular flexibility index (Phi) is 7.79. The van der Waals surface area contributed by atoms with Crippen LogP contribution in [0.5, 0.6) is 5.75 Å². The van der Waals surface area contributed by atoms with Crippen molar-refractivity contribution in [1.82, 2.24) is 35.0 Å². The van der Waals surface area contributed by atoms with E-state index in [1.54, 1.807) is 30.7 Å². The van der Waals surface area contributed by atoms with Crippen LogP contribution < -0.4 is 10.1 Å². The fourth-order valence-electron chi connectivity index (χ4n) is 6.20. The van der Waals surface area contributed by atoms with Gasteiger partial charge in [0.2, 0.25) is 0 Å². The van der Waals surface area contributed by atoms with Gasteiger partial charge in [-0.2, -0.15) is 5.10 Å². The summed E-state index contributed by atoms with van der Waals surface area (Å²) in [5.74, 6) is -0.0860. The van der Waals surface area contributed by atoms with Crippen molar-refractivity contribution in [3.05, 3.63) is 109 Å². The molecule has 0 saturated carbocycles. The Bertz CT molecular complexity index is 2260. The summed E-state index contributed by atoms with van der Waals surface area (Å²) < 4.78 is 20.8. The molecule has 1 fully saturated rings. The maximum absolute atomic E-state index is 14.8. The molecular weight excluding hydrogens is 607 g/mol. The average Bonchev–Trinajstić information content (AvgIpc) is 3.88. The van der Waals surface area contributed by atoms with Crippen LogP contribution in [0.4, 0.5) is 10.1 Å². The first kappa shape index (κ1) is 29.5. The molecule has 0 radical (unpaired) electrons. The standard InChI is InChI=1S/C37H31FN8O2/c38-26-16-24(18-28(19-26)48-15-14-46-12-4-5-13-46)29-10-11-40-36-30(29)20-33(43-36)35-34-32(44-45-35)9-8-31(42-34)25-17-27(22-39-21-25)41-37(47)23-6-2-1-3-7-23/h1-3,6-11,16-22H,4-5,12-15H2,(H,40,43)(H,41,47)(H,44,45). The lowest BCUT2D eigenvalue weighted by molar-refractivity contribution is 0.102. The number of ether oxygens (including phenoxy) is 1. The number of carbonyl (C=O) groups excluding carboxylic acids is 1. The molecule has 0 spiro atoms. The minimum absolute atomic E-state index is 0.221. The molecule has 8 rings (SSSR count). The van der Waals surface area contributed by atoms with Gasteiger partial charge in [-0.05, 0) is 91.7 Å². The first-order valence-corrected chi connectivity index (χ1v) is 15.9. The fourth-order valence-corrected chi connectivity index (χ4v) is 6.20. The molecule has 48 heavy (non-hydrogen) atoms. The number of amides is 1.